The van der Waals surface area contributed by atoms with Gasteiger partial charge in [-0.15, -0.1) is 0 Å². The van der Waals surface area contributed by atoms with Crippen molar-refractivity contribution in [2.75, 3.05) is 0 Å². The van der Waals surface area contributed by atoms with Crippen LogP contribution in [0.4, 0.5) is 0 Å². The number of sulfone groups is 1. The fourth-order valence-corrected chi connectivity index (χ4v) is 5.11. The second-order valence-corrected chi connectivity index (χ2v) is 7.78. The number of benzene rings is 2. The highest BCUT2D eigenvalue weighted by atomic mass is 32.2. The molecular weight excluding hydrogens is 296 g/mol. The molecule has 0 radical (unpaired) electrons. The van der Waals surface area contributed by atoms with Gasteiger partial charge in [0.15, 0.2) is 9.84 Å². The molecule has 22 heavy (non-hydrogen) atoms. The Hall–Kier alpha value is -2.16. The molecule has 1 fully saturated rings. The lowest BCUT2D eigenvalue weighted by atomic mass is 10.1. The van der Waals surface area contributed by atoms with Crippen LogP contribution in [0.1, 0.15) is 17.0 Å². The topological polar surface area (TPSA) is 83.9 Å². The van der Waals surface area contributed by atoms with Gasteiger partial charge in [0.05, 0.1) is 11.0 Å². The van der Waals surface area contributed by atoms with Crippen molar-refractivity contribution in [3.63, 3.8) is 0 Å². The van der Waals surface area contributed by atoms with E-state index in [2.05, 4.69) is 0 Å². The number of aryl methyl sites for hydroxylation is 1. The Morgan fingerprint density at radius 2 is 1.68 bits per heavy atom. The molecule has 0 aromatic heterocycles. The van der Waals surface area contributed by atoms with Crippen LogP contribution in [-0.2, 0) is 9.84 Å². The fraction of sp³-hybridized carbons (Fsp3) is 0.235. The summed E-state index contributed by atoms with van der Waals surface area (Å²) in [6.07, 6.45) is 0. The van der Waals surface area contributed by atoms with Crippen molar-refractivity contribution < 1.29 is 8.42 Å². The molecule has 0 unspecified atom stereocenters. The Morgan fingerprint density at radius 3 is 2.23 bits per heavy atom. The van der Waals surface area contributed by atoms with E-state index in [1.807, 2.05) is 43.3 Å². The normalized spacial score (nSPS) is 27.1. The van der Waals surface area contributed by atoms with Crippen molar-refractivity contribution in [3.8, 4) is 6.07 Å². The zero-order chi connectivity index (χ0) is 16.0. The summed E-state index contributed by atoms with van der Waals surface area (Å²) in [5.74, 6) is -0.495. The summed E-state index contributed by atoms with van der Waals surface area (Å²) >= 11 is 0. The molecule has 0 saturated heterocycles. The Bertz CT molecular complexity index is 838. The summed E-state index contributed by atoms with van der Waals surface area (Å²) in [6.45, 7) is 1.89. The minimum absolute atomic E-state index is 0.214. The average molecular weight is 312 g/mol. The Morgan fingerprint density at radius 1 is 1.09 bits per heavy atom. The molecular formula is C17H16N2O2S. The van der Waals surface area contributed by atoms with Crippen molar-refractivity contribution in [1.29, 1.82) is 5.26 Å². The van der Waals surface area contributed by atoms with Crippen LogP contribution < -0.4 is 5.73 Å². The monoisotopic (exact) mass is 312 g/mol. The summed E-state index contributed by atoms with van der Waals surface area (Å²) in [5, 5.41) is 8.48. The molecule has 1 aliphatic carbocycles. The highest BCUT2D eigenvalue weighted by molar-refractivity contribution is 7.92. The Labute approximate surface area is 130 Å². The van der Waals surface area contributed by atoms with E-state index in [0.29, 0.717) is 0 Å². The summed E-state index contributed by atoms with van der Waals surface area (Å²) < 4.78 is 25.7. The van der Waals surface area contributed by atoms with Crippen LogP contribution in [0.2, 0.25) is 0 Å². The summed E-state index contributed by atoms with van der Waals surface area (Å²) in [4.78, 5) is 0.214. The molecule has 3 rings (SSSR count). The van der Waals surface area contributed by atoms with Crippen molar-refractivity contribution in [2.24, 2.45) is 5.73 Å². The molecule has 1 aliphatic rings. The van der Waals surface area contributed by atoms with Gasteiger partial charge in [-0.3, -0.25) is 0 Å². The first kappa shape index (κ1) is 14.8. The van der Waals surface area contributed by atoms with E-state index in [1.54, 1.807) is 24.3 Å². The molecule has 3 atom stereocenters. The van der Waals surface area contributed by atoms with E-state index in [0.717, 1.165) is 11.1 Å². The standard InChI is InChI=1S/C17H16N2O2S/c1-12-7-9-14(10-8-12)22(20,21)16-15(17(16,19)11-18)13-5-3-2-4-6-13/h2-10,15-16H,19H2,1H3/t15-,16-,17-/m0/s1. The minimum Gasteiger partial charge on any atom is -0.312 e. The third-order valence-electron chi connectivity index (χ3n) is 4.22. The maximum atomic E-state index is 12.8. The predicted molar refractivity (Wildman–Crippen MR) is 83.9 cm³/mol. The lowest BCUT2D eigenvalue weighted by molar-refractivity contribution is 0.592. The number of rotatable bonds is 3. The van der Waals surface area contributed by atoms with Gasteiger partial charge >= 0.3 is 0 Å². The minimum atomic E-state index is -3.65. The third-order valence-corrected chi connectivity index (χ3v) is 6.48. The lowest BCUT2D eigenvalue weighted by Crippen LogP contribution is -2.29. The molecule has 2 aromatic carbocycles. The van der Waals surface area contributed by atoms with Crippen molar-refractivity contribution in [3.05, 3.63) is 65.7 Å². The van der Waals surface area contributed by atoms with Crippen molar-refractivity contribution >= 4 is 9.84 Å². The zero-order valence-corrected chi connectivity index (χ0v) is 12.9. The summed E-state index contributed by atoms with van der Waals surface area (Å²) in [5.41, 5.74) is 6.47. The fourth-order valence-electron chi connectivity index (χ4n) is 2.93. The Kier molecular flexibility index (Phi) is 3.32. The van der Waals surface area contributed by atoms with Gasteiger partial charge in [0, 0.05) is 5.92 Å². The second kappa shape index (κ2) is 4.94. The Balaban J connectivity index is 2.04. The van der Waals surface area contributed by atoms with E-state index in [-0.39, 0.29) is 4.90 Å². The predicted octanol–water partition coefficient (Wildman–Crippen LogP) is 2.16. The van der Waals surface area contributed by atoms with Gasteiger partial charge in [0.2, 0.25) is 0 Å². The molecule has 2 aromatic rings. The highest BCUT2D eigenvalue weighted by Crippen LogP contribution is 2.55. The first-order valence-electron chi connectivity index (χ1n) is 6.97. The zero-order valence-electron chi connectivity index (χ0n) is 12.1. The van der Waals surface area contributed by atoms with Crippen LogP contribution in [0, 0.1) is 18.3 Å². The first-order chi connectivity index (χ1) is 10.4. The smallest absolute Gasteiger partial charge is 0.184 e. The van der Waals surface area contributed by atoms with Gasteiger partial charge < -0.3 is 5.73 Å². The second-order valence-electron chi connectivity index (χ2n) is 5.71. The molecule has 4 nitrogen and oxygen atoms in total. The average Bonchev–Trinajstić information content (AvgIpc) is 3.16. The maximum Gasteiger partial charge on any atom is 0.184 e. The van der Waals surface area contributed by atoms with E-state index in [4.69, 9.17) is 5.73 Å². The van der Waals surface area contributed by atoms with Gasteiger partial charge in [-0.25, -0.2) is 8.42 Å². The number of hydrogen-bond acceptors (Lipinski definition) is 4. The van der Waals surface area contributed by atoms with Gasteiger partial charge in [-0.05, 0) is 24.6 Å². The van der Waals surface area contributed by atoms with Gasteiger partial charge in [0.1, 0.15) is 10.8 Å². The van der Waals surface area contributed by atoms with Crippen molar-refractivity contribution in [2.45, 2.75) is 28.5 Å². The largest absolute Gasteiger partial charge is 0.312 e. The molecule has 112 valence electrons. The van der Waals surface area contributed by atoms with Gasteiger partial charge in [-0.2, -0.15) is 5.26 Å². The van der Waals surface area contributed by atoms with Gasteiger partial charge in [-0.1, -0.05) is 48.0 Å². The van der Waals surface area contributed by atoms with Crippen LogP contribution >= 0.6 is 0 Å². The van der Waals surface area contributed by atoms with Crippen molar-refractivity contribution in [1.82, 2.24) is 0 Å². The van der Waals surface area contributed by atoms with E-state index < -0.39 is 26.5 Å². The van der Waals surface area contributed by atoms with Crippen LogP contribution in [-0.4, -0.2) is 19.2 Å². The molecule has 2 N–H and O–H groups in total. The molecule has 5 heteroatoms. The third kappa shape index (κ3) is 2.12. The summed E-state index contributed by atoms with van der Waals surface area (Å²) in [6, 6.07) is 17.8. The lowest BCUT2D eigenvalue weighted by Gasteiger charge is -2.05. The van der Waals surface area contributed by atoms with E-state index >= 15 is 0 Å². The quantitative estimate of drug-likeness (QED) is 0.941. The molecule has 0 spiro atoms. The first-order valence-corrected chi connectivity index (χ1v) is 8.51. The molecule has 0 amide bonds. The maximum absolute atomic E-state index is 12.8. The van der Waals surface area contributed by atoms with Crippen LogP contribution in [0.25, 0.3) is 0 Å². The SMILES string of the molecule is Cc1ccc(S(=O)(=O)[C@H]2[C@H](c3ccccc3)[C@@]2(N)C#N)cc1. The molecule has 0 aliphatic heterocycles. The summed E-state index contributed by atoms with van der Waals surface area (Å²) in [7, 11) is -3.65. The van der Waals surface area contributed by atoms with E-state index in [9.17, 15) is 13.7 Å². The van der Waals surface area contributed by atoms with E-state index in [1.165, 1.54) is 0 Å². The van der Waals surface area contributed by atoms with Crippen LogP contribution in [0.5, 0.6) is 0 Å². The number of nitrogens with two attached hydrogens (primary N) is 1. The van der Waals surface area contributed by atoms with Crippen LogP contribution in [0.3, 0.4) is 0 Å². The number of hydrogen-bond donors (Lipinski definition) is 1. The number of nitrogens with zero attached hydrogens (tertiary/aromatic N) is 1. The highest BCUT2D eigenvalue weighted by Gasteiger charge is 2.70. The number of nitriles is 1. The van der Waals surface area contributed by atoms with Crippen LogP contribution in [0.15, 0.2) is 59.5 Å². The molecule has 0 heterocycles. The van der Waals surface area contributed by atoms with Gasteiger partial charge in [0.25, 0.3) is 0 Å². The molecule has 1 saturated carbocycles. The molecule has 0 bridgehead atoms.